The van der Waals surface area contributed by atoms with Gasteiger partial charge in [0.15, 0.2) is 0 Å². The number of hydrogen-bond donors (Lipinski definition) is 2. The number of benzene rings is 1. The lowest BCUT2D eigenvalue weighted by Crippen LogP contribution is -2.38. The monoisotopic (exact) mass is 290 g/mol. The van der Waals surface area contributed by atoms with Crippen molar-refractivity contribution in [2.45, 2.75) is 13.0 Å². The van der Waals surface area contributed by atoms with Gasteiger partial charge in [0, 0.05) is 5.39 Å². The van der Waals surface area contributed by atoms with Crippen LogP contribution < -0.4 is 5.32 Å². The summed E-state index contributed by atoms with van der Waals surface area (Å²) in [5.41, 5.74) is 0.808. The van der Waals surface area contributed by atoms with Crippen molar-refractivity contribution in [1.82, 2.24) is 10.2 Å². The molecule has 1 atom stereocenters. The largest absolute Gasteiger partial charge is 0.480 e. The van der Waals surface area contributed by atoms with E-state index in [-0.39, 0.29) is 25.0 Å². The molecule has 6 heteroatoms. The number of likely N-dealkylation sites (N-methyl/N-ethyl adjacent to an activating group) is 1. The number of rotatable bonds is 6. The van der Waals surface area contributed by atoms with Crippen molar-refractivity contribution >= 4 is 22.8 Å². The van der Waals surface area contributed by atoms with Crippen LogP contribution in [0.25, 0.3) is 11.0 Å². The molecular formula is C15H18N2O4. The highest BCUT2D eigenvalue weighted by atomic mass is 16.4. The fraction of sp³-hybridized carbons (Fsp3) is 0.333. The third-order valence-corrected chi connectivity index (χ3v) is 3.35. The van der Waals surface area contributed by atoms with Crippen LogP contribution in [-0.4, -0.2) is 42.0 Å². The standard InChI is InChI=1S/C15H18N2O4/c1-10(17(2)9-14(18)16-8-15(19)20)13-7-11-5-3-4-6-12(11)21-13/h3-7,10H,8-9H2,1-2H3,(H,16,18)(H,19,20). The Morgan fingerprint density at radius 1 is 1.38 bits per heavy atom. The van der Waals surface area contributed by atoms with Crippen molar-refractivity contribution in [3.8, 4) is 0 Å². The van der Waals surface area contributed by atoms with Crippen molar-refractivity contribution < 1.29 is 19.1 Å². The van der Waals surface area contributed by atoms with Crippen LogP contribution >= 0.6 is 0 Å². The highest BCUT2D eigenvalue weighted by molar-refractivity contribution is 5.82. The molecule has 2 rings (SSSR count). The van der Waals surface area contributed by atoms with Gasteiger partial charge < -0.3 is 14.8 Å². The molecule has 1 aromatic carbocycles. The quantitative estimate of drug-likeness (QED) is 0.845. The van der Waals surface area contributed by atoms with Gasteiger partial charge in [-0.2, -0.15) is 0 Å². The van der Waals surface area contributed by atoms with Gasteiger partial charge in [0.05, 0.1) is 12.6 Å². The second kappa shape index (κ2) is 6.41. The zero-order chi connectivity index (χ0) is 15.4. The van der Waals surface area contributed by atoms with Crippen LogP contribution in [0.15, 0.2) is 34.7 Å². The van der Waals surface area contributed by atoms with E-state index in [2.05, 4.69) is 5.32 Å². The number of carboxylic acid groups (broad SMARTS) is 1. The number of para-hydroxylation sites is 1. The summed E-state index contributed by atoms with van der Waals surface area (Å²) < 4.78 is 5.76. The summed E-state index contributed by atoms with van der Waals surface area (Å²) in [6, 6.07) is 9.57. The first-order valence-corrected chi connectivity index (χ1v) is 6.64. The Balaban J connectivity index is 1.99. The lowest BCUT2D eigenvalue weighted by molar-refractivity contribution is -0.138. The van der Waals surface area contributed by atoms with Crippen molar-refractivity contribution in [3.05, 3.63) is 36.1 Å². The Morgan fingerprint density at radius 2 is 2.10 bits per heavy atom. The Morgan fingerprint density at radius 3 is 2.76 bits per heavy atom. The minimum Gasteiger partial charge on any atom is -0.480 e. The molecule has 0 aliphatic rings. The van der Waals surface area contributed by atoms with Gasteiger partial charge in [0.25, 0.3) is 0 Å². The average molecular weight is 290 g/mol. The molecule has 112 valence electrons. The van der Waals surface area contributed by atoms with Gasteiger partial charge in [-0.3, -0.25) is 14.5 Å². The van der Waals surface area contributed by atoms with E-state index >= 15 is 0 Å². The van der Waals surface area contributed by atoms with E-state index in [1.165, 1.54) is 0 Å². The number of nitrogens with zero attached hydrogens (tertiary/aromatic N) is 1. The second-order valence-corrected chi connectivity index (χ2v) is 4.95. The maximum atomic E-state index is 11.6. The number of carbonyl (C=O) groups excluding carboxylic acids is 1. The smallest absolute Gasteiger partial charge is 0.322 e. The van der Waals surface area contributed by atoms with E-state index in [1.54, 1.807) is 11.9 Å². The zero-order valence-electron chi connectivity index (χ0n) is 12.0. The predicted octanol–water partition coefficient (Wildman–Crippen LogP) is 1.63. The first-order chi connectivity index (χ1) is 9.97. The van der Waals surface area contributed by atoms with Crippen LogP contribution in [0, 0.1) is 0 Å². The van der Waals surface area contributed by atoms with E-state index < -0.39 is 5.97 Å². The fourth-order valence-corrected chi connectivity index (χ4v) is 2.02. The van der Waals surface area contributed by atoms with Gasteiger partial charge >= 0.3 is 5.97 Å². The third kappa shape index (κ3) is 3.82. The lowest BCUT2D eigenvalue weighted by Gasteiger charge is -2.22. The summed E-state index contributed by atoms with van der Waals surface area (Å²) in [6.45, 7) is 1.67. The van der Waals surface area contributed by atoms with Gasteiger partial charge in [-0.05, 0) is 26.1 Å². The lowest BCUT2D eigenvalue weighted by atomic mass is 10.2. The van der Waals surface area contributed by atoms with Crippen molar-refractivity contribution in [1.29, 1.82) is 0 Å². The van der Waals surface area contributed by atoms with Crippen molar-refractivity contribution in [2.24, 2.45) is 0 Å². The molecule has 1 aromatic heterocycles. The molecular weight excluding hydrogens is 272 g/mol. The number of carboxylic acids is 1. The summed E-state index contributed by atoms with van der Waals surface area (Å²) >= 11 is 0. The molecule has 0 radical (unpaired) electrons. The molecule has 0 bridgehead atoms. The fourth-order valence-electron chi connectivity index (χ4n) is 2.02. The number of furan rings is 1. The van der Waals surface area contributed by atoms with Crippen LogP contribution in [0.3, 0.4) is 0 Å². The molecule has 1 amide bonds. The number of carbonyl (C=O) groups is 2. The molecule has 2 aromatic rings. The molecule has 0 aliphatic heterocycles. The van der Waals surface area contributed by atoms with E-state index in [9.17, 15) is 9.59 Å². The molecule has 1 heterocycles. The number of nitrogens with one attached hydrogen (secondary N) is 1. The Hall–Kier alpha value is -2.34. The molecule has 1 unspecified atom stereocenters. The first-order valence-electron chi connectivity index (χ1n) is 6.64. The molecule has 0 saturated heterocycles. The highest BCUT2D eigenvalue weighted by Crippen LogP contribution is 2.26. The Labute approximate surface area is 122 Å². The molecule has 2 N–H and O–H groups in total. The van der Waals surface area contributed by atoms with Gasteiger partial charge in [0.2, 0.25) is 5.91 Å². The minimum absolute atomic E-state index is 0.0898. The van der Waals surface area contributed by atoms with Crippen molar-refractivity contribution in [2.75, 3.05) is 20.1 Å². The van der Waals surface area contributed by atoms with Gasteiger partial charge in [0.1, 0.15) is 17.9 Å². The Bertz CT molecular complexity index is 617. The normalized spacial score (nSPS) is 12.5. The van der Waals surface area contributed by atoms with Crippen LogP contribution in [-0.2, 0) is 9.59 Å². The van der Waals surface area contributed by atoms with Crippen LogP contribution in [0.4, 0.5) is 0 Å². The molecule has 0 aliphatic carbocycles. The third-order valence-electron chi connectivity index (χ3n) is 3.35. The average Bonchev–Trinajstić information content (AvgIpc) is 2.88. The number of aliphatic carboxylic acids is 1. The maximum absolute atomic E-state index is 11.6. The van der Waals surface area contributed by atoms with E-state index in [0.717, 1.165) is 16.7 Å². The first kappa shape index (κ1) is 15.1. The summed E-state index contributed by atoms with van der Waals surface area (Å²) in [5.74, 6) is -0.621. The van der Waals surface area contributed by atoms with Gasteiger partial charge in [-0.25, -0.2) is 0 Å². The summed E-state index contributed by atoms with van der Waals surface area (Å²) in [7, 11) is 1.79. The second-order valence-electron chi connectivity index (χ2n) is 4.95. The number of fused-ring (bicyclic) bond motifs is 1. The zero-order valence-corrected chi connectivity index (χ0v) is 12.0. The summed E-state index contributed by atoms with van der Waals surface area (Å²) in [6.07, 6.45) is 0. The van der Waals surface area contributed by atoms with Crippen LogP contribution in [0.1, 0.15) is 18.7 Å². The number of hydrogen-bond acceptors (Lipinski definition) is 4. The van der Waals surface area contributed by atoms with E-state index in [1.807, 2.05) is 37.3 Å². The molecule has 0 fully saturated rings. The van der Waals surface area contributed by atoms with Gasteiger partial charge in [-0.15, -0.1) is 0 Å². The van der Waals surface area contributed by atoms with Crippen LogP contribution in [0.5, 0.6) is 0 Å². The highest BCUT2D eigenvalue weighted by Gasteiger charge is 2.18. The van der Waals surface area contributed by atoms with Crippen LogP contribution in [0.2, 0.25) is 0 Å². The molecule has 0 saturated carbocycles. The van der Waals surface area contributed by atoms with E-state index in [0.29, 0.717) is 0 Å². The molecule has 6 nitrogen and oxygen atoms in total. The molecule has 0 spiro atoms. The minimum atomic E-state index is -1.06. The maximum Gasteiger partial charge on any atom is 0.322 e. The number of amides is 1. The predicted molar refractivity (Wildman–Crippen MR) is 77.9 cm³/mol. The topological polar surface area (TPSA) is 82.8 Å². The SMILES string of the molecule is CC(c1cc2ccccc2o1)N(C)CC(=O)NCC(=O)O. The summed E-state index contributed by atoms with van der Waals surface area (Å²) in [5, 5.41) is 11.9. The molecule has 21 heavy (non-hydrogen) atoms. The van der Waals surface area contributed by atoms with Crippen molar-refractivity contribution in [3.63, 3.8) is 0 Å². The Kier molecular flexibility index (Phi) is 4.59. The summed E-state index contributed by atoms with van der Waals surface area (Å²) in [4.78, 5) is 23.8. The van der Waals surface area contributed by atoms with Gasteiger partial charge in [-0.1, -0.05) is 18.2 Å². The van der Waals surface area contributed by atoms with E-state index in [4.69, 9.17) is 9.52 Å².